The minimum Gasteiger partial charge on any atom is -0.481 e. The molecule has 100 valence electrons. The van der Waals surface area contributed by atoms with Gasteiger partial charge in [0.2, 0.25) is 0 Å². The van der Waals surface area contributed by atoms with Gasteiger partial charge in [0.05, 0.1) is 0 Å². The summed E-state index contributed by atoms with van der Waals surface area (Å²) in [6.45, 7) is 1.93. The third-order valence-corrected chi connectivity index (χ3v) is 3.07. The zero-order chi connectivity index (χ0) is 13.8. The Labute approximate surface area is 111 Å². The molecule has 0 bridgehead atoms. The first-order valence-corrected chi connectivity index (χ1v) is 6.15. The highest BCUT2D eigenvalue weighted by molar-refractivity contribution is 5.66. The third kappa shape index (κ3) is 3.20. The molecular weight excluding hydrogens is 242 g/mol. The first kappa shape index (κ1) is 13.3. The van der Waals surface area contributed by atoms with Crippen molar-refractivity contribution in [3.8, 4) is 5.69 Å². The summed E-state index contributed by atoms with van der Waals surface area (Å²) in [5, 5.41) is 8.68. The van der Waals surface area contributed by atoms with Gasteiger partial charge in [-0.25, -0.2) is 4.98 Å². The smallest absolute Gasteiger partial charge is 0.303 e. The van der Waals surface area contributed by atoms with Crippen molar-refractivity contribution in [1.82, 2.24) is 9.55 Å². The van der Waals surface area contributed by atoms with E-state index in [1.807, 2.05) is 42.0 Å². The normalized spacial score (nSPS) is 12.3. The fourth-order valence-corrected chi connectivity index (χ4v) is 2.00. The number of aryl methyl sites for hydroxylation is 1. The summed E-state index contributed by atoms with van der Waals surface area (Å²) in [6, 6.07) is 7.52. The maximum atomic E-state index is 10.6. The highest BCUT2D eigenvalue weighted by Crippen LogP contribution is 2.19. The van der Waals surface area contributed by atoms with Gasteiger partial charge < -0.3 is 15.4 Å². The van der Waals surface area contributed by atoms with Crippen molar-refractivity contribution >= 4 is 5.97 Å². The van der Waals surface area contributed by atoms with Crippen LogP contribution in [0.3, 0.4) is 0 Å². The molecule has 0 amide bonds. The van der Waals surface area contributed by atoms with Crippen LogP contribution in [0.15, 0.2) is 36.7 Å². The van der Waals surface area contributed by atoms with E-state index in [1.165, 1.54) is 0 Å². The van der Waals surface area contributed by atoms with Crippen molar-refractivity contribution < 1.29 is 9.90 Å². The van der Waals surface area contributed by atoms with Crippen molar-refractivity contribution in [3.05, 3.63) is 48.0 Å². The number of hydrogen-bond acceptors (Lipinski definition) is 3. The molecule has 3 N–H and O–H groups in total. The summed E-state index contributed by atoms with van der Waals surface area (Å²) in [5.74, 6) is 0.0771. The Hall–Kier alpha value is -2.14. The summed E-state index contributed by atoms with van der Waals surface area (Å²) in [7, 11) is 0. The number of benzene rings is 1. The lowest BCUT2D eigenvalue weighted by Gasteiger charge is -2.13. The minimum atomic E-state index is -0.822. The molecule has 0 saturated heterocycles. The average Bonchev–Trinajstić information content (AvgIpc) is 2.82. The van der Waals surface area contributed by atoms with Crippen LogP contribution >= 0.6 is 0 Å². The van der Waals surface area contributed by atoms with Gasteiger partial charge in [-0.3, -0.25) is 4.79 Å². The Kier molecular flexibility index (Phi) is 3.97. The van der Waals surface area contributed by atoms with E-state index in [0.717, 1.165) is 17.1 Å². The lowest BCUT2D eigenvalue weighted by Crippen LogP contribution is -2.12. The van der Waals surface area contributed by atoms with Crippen molar-refractivity contribution in [2.45, 2.75) is 25.8 Å². The van der Waals surface area contributed by atoms with Crippen LogP contribution in [-0.4, -0.2) is 20.6 Å². The zero-order valence-electron chi connectivity index (χ0n) is 10.8. The first-order valence-electron chi connectivity index (χ1n) is 6.15. The molecule has 1 unspecified atom stereocenters. The van der Waals surface area contributed by atoms with Crippen molar-refractivity contribution in [3.63, 3.8) is 0 Å². The molecule has 0 fully saturated rings. The number of aromatic nitrogens is 2. The number of nitrogens with zero attached hydrogens (tertiary/aromatic N) is 2. The summed E-state index contributed by atoms with van der Waals surface area (Å²) in [6.07, 6.45) is 4.14. The molecule has 1 heterocycles. The van der Waals surface area contributed by atoms with E-state index < -0.39 is 5.97 Å². The quantitative estimate of drug-likeness (QED) is 0.861. The second kappa shape index (κ2) is 5.67. The summed E-state index contributed by atoms with van der Waals surface area (Å²) >= 11 is 0. The van der Waals surface area contributed by atoms with Crippen LogP contribution in [0, 0.1) is 6.92 Å². The highest BCUT2D eigenvalue weighted by Gasteiger charge is 2.10. The molecule has 1 atom stereocenters. The van der Waals surface area contributed by atoms with Crippen LogP contribution in [0.25, 0.3) is 5.69 Å². The molecule has 5 heteroatoms. The fraction of sp³-hybridized carbons (Fsp3) is 0.286. The Morgan fingerprint density at radius 1 is 1.53 bits per heavy atom. The second-order valence-electron chi connectivity index (χ2n) is 4.48. The van der Waals surface area contributed by atoms with Gasteiger partial charge in [0.15, 0.2) is 0 Å². The average molecular weight is 259 g/mol. The minimum absolute atomic E-state index is 0.0789. The Morgan fingerprint density at radius 2 is 2.32 bits per heavy atom. The number of carbonyl (C=O) groups is 1. The summed E-state index contributed by atoms with van der Waals surface area (Å²) < 4.78 is 1.97. The Morgan fingerprint density at radius 3 is 2.95 bits per heavy atom. The van der Waals surface area contributed by atoms with Crippen LogP contribution in [-0.2, 0) is 4.79 Å². The zero-order valence-corrected chi connectivity index (χ0v) is 10.8. The number of imidazole rings is 1. The Bertz CT molecular complexity index is 578. The van der Waals surface area contributed by atoms with Gasteiger partial charge in [0.25, 0.3) is 0 Å². The molecule has 5 nitrogen and oxygen atoms in total. The maximum absolute atomic E-state index is 10.6. The number of hydrogen-bond donors (Lipinski definition) is 2. The van der Waals surface area contributed by atoms with Crippen LogP contribution in [0.5, 0.6) is 0 Å². The number of nitrogens with two attached hydrogens (primary N) is 1. The first-order chi connectivity index (χ1) is 9.08. The molecule has 2 rings (SSSR count). The van der Waals surface area contributed by atoms with Gasteiger partial charge in [-0.15, -0.1) is 0 Å². The van der Waals surface area contributed by atoms with E-state index >= 15 is 0 Å². The van der Waals surface area contributed by atoms with Crippen LogP contribution in [0.2, 0.25) is 0 Å². The van der Waals surface area contributed by atoms with E-state index in [-0.39, 0.29) is 12.5 Å². The number of rotatable bonds is 5. The molecule has 2 aromatic rings. The standard InChI is InChI=1S/C14H17N3O2/c1-10-16-7-8-17(10)12-4-2-3-11(9-12)13(15)5-6-14(18)19/h2-4,7-9,13H,5-6,15H2,1H3,(H,18,19). The largest absolute Gasteiger partial charge is 0.481 e. The van der Waals surface area contributed by atoms with Crippen molar-refractivity contribution in [1.29, 1.82) is 0 Å². The number of carboxylic acid groups (broad SMARTS) is 1. The predicted molar refractivity (Wildman–Crippen MR) is 72.1 cm³/mol. The lowest BCUT2D eigenvalue weighted by atomic mass is 10.0. The van der Waals surface area contributed by atoms with E-state index in [0.29, 0.717) is 6.42 Å². The van der Waals surface area contributed by atoms with E-state index in [1.54, 1.807) is 6.20 Å². The molecule has 0 aliphatic carbocycles. The third-order valence-electron chi connectivity index (χ3n) is 3.07. The molecule has 19 heavy (non-hydrogen) atoms. The summed E-state index contributed by atoms with van der Waals surface area (Å²) in [4.78, 5) is 14.7. The number of aliphatic carboxylic acids is 1. The molecule has 0 saturated carbocycles. The second-order valence-corrected chi connectivity index (χ2v) is 4.48. The van der Waals surface area contributed by atoms with Crippen LogP contribution in [0.1, 0.15) is 30.3 Å². The maximum Gasteiger partial charge on any atom is 0.303 e. The van der Waals surface area contributed by atoms with Crippen molar-refractivity contribution in [2.75, 3.05) is 0 Å². The topological polar surface area (TPSA) is 81.1 Å². The van der Waals surface area contributed by atoms with Crippen LogP contribution < -0.4 is 5.73 Å². The van der Waals surface area contributed by atoms with E-state index in [4.69, 9.17) is 10.8 Å². The van der Waals surface area contributed by atoms with Crippen LogP contribution in [0.4, 0.5) is 0 Å². The summed E-state index contributed by atoms with van der Waals surface area (Å²) in [5.41, 5.74) is 7.94. The monoisotopic (exact) mass is 259 g/mol. The molecule has 0 radical (unpaired) electrons. The van der Waals surface area contributed by atoms with Gasteiger partial charge in [-0.1, -0.05) is 12.1 Å². The molecule has 1 aromatic carbocycles. The molecule has 1 aromatic heterocycles. The van der Waals surface area contributed by atoms with Gasteiger partial charge in [0.1, 0.15) is 5.82 Å². The molecule has 0 spiro atoms. The lowest BCUT2D eigenvalue weighted by molar-refractivity contribution is -0.137. The SMILES string of the molecule is Cc1nccn1-c1cccc(C(N)CCC(=O)O)c1. The highest BCUT2D eigenvalue weighted by atomic mass is 16.4. The Balaban J connectivity index is 2.20. The predicted octanol–water partition coefficient (Wildman–Crippen LogP) is 2.05. The molecule has 0 aliphatic heterocycles. The molecule has 0 aliphatic rings. The van der Waals surface area contributed by atoms with Gasteiger partial charge in [-0.2, -0.15) is 0 Å². The van der Waals surface area contributed by atoms with Gasteiger partial charge in [-0.05, 0) is 31.0 Å². The molecular formula is C14H17N3O2. The van der Waals surface area contributed by atoms with E-state index in [9.17, 15) is 4.79 Å². The van der Waals surface area contributed by atoms with Gasteiger partial charge in [0, 0.05) is 30.5 Å². The fourth-order valence-electron chi connectivity index (χ4n) is 2.00. The van der Waals surface area contributed by atoms with E-state index in [2.05, 4.69) is 4.98 Å². The van der Waals surface area contributed by atoms with Crippen molar-refractivity contribution in [2.24, 2.45) is 5.73 Å². The number of carboxylic acids is 1. The van der Waals surface area contributed by atoms with Gasteiger partial charge >= 0.3 is 5.97 Å².